The van der Waals surface area contributed by atoms with Gasteiger partial charge >= 0.3 is 0 Å². The van der Waals surface area contributed by atoms with E-state index in [9.17, 15) is 0 Å². The Balaban J connectivity index is 1.87. The third-order valence-electron chi connectivity index (χ3n) is 6.46. The van der Waals surface area contributed by atoms with E-state index in [0.717, 1.165) is 5.02 Å². The van der Waals surface area contributed by atoms with Crippen LogP contribution in [0.2, 0.25) is 5.02 Å². The van der Waals surface area contributed by atoms with Gasteiger partial charge in [-0.05, 0) is 70.5 Å². The molecule has 0 amide bonds. The molecule has 0 bridgehead atoms. The summed E-state index contributed by atoms with van der Waals surface area (Å²) in [5.41, 5.74) is 13.0. The van der Waals surface area contributed by atoms with E-state index in [1.165, 1.54) is 55.6 Å². The van der Waals surface area contributed by atoms with Gasteiger partial charge in [-0.25, -0.2) is 0 Å². The van der Waals surface area contributed by atoms with E-state index in [2.05, 4.69) is 86.6 Å². The normalized spacial score (nSPS) is 14.5. The molecule has 0 saturated carbocycles. The van der Waals surface area contributed by atoms with Crippen molar-refractivity contribution in [1.82, 2.24) is 0 Å². The predicted molar refractivity (Wildman–Crippen MR) is 117 cm³/mol. The van der Waals surface area contributed by atoms with Gasteiger partial charge in [0, 0.05) is 5.02 Å². The van der Waals surface area contributed by atoms with Crippen LogP contribution in [-0.2, 0) is 5.41 Å². The minimum atomic E-state index is -0.265. The topological polar surface area (TPSA) is 0 Å². The zero-order chi connectivity index (χ0) is 19.0. The van der Waals surface area contributed by atoms with Gasteiger partial charge in [0.15, 0.2) is 0 Å². The molecule has 0 unspecified atom stereocenters. The van der Waals surface area contributed by atoms with Gasteiger partial charge < -0.3 is 0 Å². The van der Waals surface area contributed by atoms with E-state index >= 15 is 0 Å². The van der Waals surface area contributed by atoms with E-state index < -0.39 is 0 Å². The molecule has 0 atom stereocenters. The molecule has 0 N–H and O–H groups in total. The first-order valence-corrected chi connectivity index (χ1v) is 10.1. The summed E-state index contributed by atoms with van der Waals surface area (Å²) in [6.45, 7) is 4.37. The number of hydrogen-bond acceptors (Lipinski definition) is 0. The fourth-order valence-corrected chi connectivity index (χ4v) is 5.56. The van der Waals surface area contributed by atoms with Crippen LogP contribution in [0.4, 0.5) is 0 Å². The molecule has 4 aromatic carbocycles. The molecule has 2 aliphatic rings. The number of halogens is 1. The van der Waals surface area contributed by atoms with Gasteiger partial charge in [-0.15, -0.1) is 0 Å². The van der Waals surface area contributed by atoms with E-state index in [1.807, 2.05) is 6.07 Å². The van der Waals surface area contributed by atoms with Gasteiger partial charge in [0.25, 0.3) is 0 Å². The van der Waals surface area contributed by atoms with E-state index in [-0.39, 0.29) is 5.41 Å². The van der Waals surface area contributed by atoms with Crippen molar-refractivity contribution in [3.63, 3.8) is 0 Å². The lowest BCUT2D eigenvalue weighted by atomic mass is 9.70. The summed E-state index contributed by atoms with van der Waals surface area (Å²) in [5.74, 6) is 0. The van der Waals surface area contributed by atoms with E-state index in [1.54, 1.807) is 0 Å². The second-order valence-corrected chi connectivity index (χ2v) is 8.52. The summed E-state index contributed by atoms with van der Waals surface area (Å²) in [7, 11) is 0. The lowest BCUT2D eigenvalue weighted by molar-refractivity contribution is 0.791. The molecule has 0 fully saturated rings. The molecule has 0 heterocycles. The Morgan fingerprint density at radius 2 is 1.11 bits per heavy atom. The zero-order valence-electron chi connectivity index (χ0n) is 15.9. The summed E-state index contributed by atoms with van der Waals surface area (Å²) in [4.78, 5) is 0. The molecule has 6 rings (SSSR count). The lowest BCUT2D eigenvalue weighted by Crippen LogP contribution is -2.26. The van der Waals surface area contributed by atoms with Crippen molar-refractivity contribution in [1.29, 1.82) is 0 Å². The summed E-state index contributed by atoms with van der Waals surface area (Å²) in [6.07, 6.45) is 0. The quantitative estimate of drug-likeness (QED) is 0.260. The van der Waals surface area contributed by atoms with Crippen molar-refractivity contribution in [2.24, 2.45) is 0 Å². The minimum absolute atomic E-state index is 0.265. The lowest BCUT2D eigenvalue weighted by Gasteiger charge is -2.30. The fraction of sp³-hybridized carbons (Fsp3) is 0.111. The summed E-state index contributed by atoms with van der Waals surface area (Å²) < 4.78 is 0. The number of benzene rings is 4. The Hall–Kier alpha value is -2.83. The zero-order valence-corrected chi connectivity index (χ0v) is 16.6. The van der Waals surface area contributed by atoms with Crippen LogP contribution in [0.5, 0.6) is 0 Å². The molecule has 1 heteroatoms. The maximum absolute atomic E-state index is 6.44. The number of rotatable bonds is 0. The van der Waals surface area contributed by atoms with Gasteiger partial charge in [0.05, 0.1) is 5.41 Å². The molecule has 2 aliphatic carbocycles. The van der Waals surface area contributed by atoms with Gasteiger partial charge in [-0.3, -0.25) is 0 Å². The van der Waals surface area contributed by atoms with Crippen molar-refractivity contribution in [2.45, 2.75) is 19.3 Å². The van der Waals surface area contributed by atoms with Gasteiger partial charge in [0.1, 0.15) is 0 Å². The molecule has 134 valence electrons. The Kier molecular flexibility index (Phi) is 3.10. The van der Waals surface area contributed by atoms with Crippen molar-refractivity contribution in [2.75, 3.05) is 0 Å². The van der Waals surface area contributed by atoms with Crippen LogP contribution >= 0.6 is 11.6 Å². The Bertz CT molecular complexity index is 1240. The second kappa shape index (κ2) is 5.37. The molecule has 0 aliphatic heterocycles. The smallest absolute Gasteiger partial charge is 0.0725 e. The molecule has 0 saturated heterocycles. The maximum Gasteiger partial charge on any atom is 0.0725 e. The molecular formula is C27H19Cl. The number of fused-ring (bicyclic) bond motifs is 10. The first-order valence-electron chi connectivity index (χ1n) is 9.73. The third-order valence-corrected chi connectivity index (χ3v) is 6.69. The Labute approximate surface area is 170 Å². The first-order chi connectivity index (χ1) is 13.6. The highest BCUT2D eigenvalue weighted by Gasteiger charge is 2.51. The summed E-state index contributed by atoms with van der Waals surface area (Å²) >= 11 is 6.44. The van der Waals surface area contributed by atoms with E-state index in [0.29, 0.717) is 0 Å². The number of hydrogen-bond donors (Lipinski definition) is 0. The minimum Gasteiger partial charge on any atom is -0.0843 e. The molecule has 1 spiro atoms. The second-order valence-electron chi connectivity index (χ2n) is 8.08. The molecule has 0 radical (unpaired) electrons. The van der Waals surface area contributed by atoms with Gasteiger partial charge in [0.2, 0.25) is 0 Å². The van der Waals surface area contributed by atoms with Crippen molar-refractivity contribution >= 4 is 11.6 Å². The van der Waals surface area contributed by atoms with Crippen LogP contribution in [0.15, 0.2) is 78.9 Å². The van der Waals surface area contributed by atoms with Crippen molar-refractivity contribution in [3.8, 4) is 22.3 Å². The maximum atomic E-state index is 6.44. The van der Waals surface area contributed by atoms with Crippen molar-refractivity contribution in [3.05, 3.63) is 117 Å². The molecular weight excluding hydrogens is 360 g/mol. The first kappa shape index (κ1) is 16.2. The van der Waals surface area contributed by atoms with Crippen LogP contribution in [-0.4, -0.2) is 0 Å². The Morgan fingerprint density at radius 1 is 0.536 bits per heavy atom. The monoisotopic (exact) mass is 378 g/mol. The largest absolute Gasteiger partial charge is 0.0843 e. The van der Waals surface area contributed by atoms with Crippen LogP contribution in [0.25, 0.3) is 22.3 Å². The van der Waals surface area contributed by atoms with Crippen LogP contribution in [0, 0.1) is 13.8 Å². The molecule has 0 aromatic heterocycles. The van der Waals surface area contributed by atoms with Gasteiger partial charge in [-0.2, -0.15) is 0 Å². The van der Waals surface area contributed by atoms with Crippen LogP contribution in [0.3, 0.4) is 0 Å². The Morgan fingerprint density at radius 3 is 1.79 bits per heavy atom. The standard InChI is InChI=1S/C27H19Cl/c1-16-7-10-20-21-11-8-17(2)14-26(21)27(25(20)13-16)23-6-4-3-5-19(23)22-15-18(28)9-12-24(22)27/h3-15H,1-2H3. The molecule has 28 heavy (non-hydrogen) atoms. The highest BCUT2D eigenvalue weighted by Crippen LogP contribution is 2.63. The third kappa shape index (κ3) is 1.82. The summed E-state index contributed by atoms with van der Waals surface area (Å²) in [5, 5.41) is 0.789. The summed E-state index contributed by atoms with van der Waals surface area (Å²) in [6, 6.07) is 29.0. The predicted octanol–water partition coefficient (Wildman–Crippen LogP) is 7.30. The molecule has 4 aromatic rings. The van der Waals surface area contributed by atoms with Crippen molar-refractivity contribution < 1.29 is 0 Å². The highest BCUT2D eigenvalue weighted by atomic mass is 35.5. The average Bonchev–Trinajstić information content (AvgIpc) is 3.14. The molecule has 0 nitrogen and oxygen atoms in total. The SMILES string of the molecule is Cc1ccc2c(c1)C1(c3ccccc3-c3cc(Cl)ccc31)c1cc(C)ccc1-2. The number of aryl methyl sites for hydroxylation is 2. The highest BCUT2D eigenvalue weighted by molar-refractivity contribution is 6.31. The van der Waals surface area contributed by atoms with E-state index in [4.69, 9.17) is 11.6 Å². The fourth-order valence-electron chi connectivity index (χ4n) is 5.39. The van der Waals surface area contributed by atoms with Gasteiger partial charge in [-0.1, -0.05) is 89.5 Å². The van der Waals surface area contributed by atoms with Crippen LogP contribution < -0.4 is 0 Å². The average molecular weight is 379 g/mol. The van der Waals surface area contributed by atoms with Crippen LogP contribution in [0.1, 0.15) is 33.4 Å².